The minimum Gasteiger partial charge on any atom is -0.497 e. The minimum atomic E-state index is -0.606. The number of hydrogen-bond donors (Lipinski definition) is 1. The molecular weight excluding hydrogens is 372 g/mol. The lowest BCUT2D eigenvalue weighted by Crippen LogP contribution is -2.31. The Kier molecular flexibility index (Phi) is 5.69. The lowest BCUT2D eigenvalue weighted by molar-refractivity contribution is -0.121. The van der Waals surface area contributed by atoms with Gasteiger partial charge in [0.1, 0.15) is 11.0 Å². The van der Waals surface area contributed by atoms with Crippen LogP contribution in [0, 0.1) is 0 Å². The van der Waals surface area contributed by atoms with Crippen molar-refractivity contribution in [3.63, 3.8) is 0 Å². The van der Waals surface area contributed by atoms with Gasteiger partial charge >= 0.3 is 0 Å². The van der Waals surface area contributed by atoms with Crippen LogP contribution >= 0.6 is 23.1 Å². The van der Waals surface area contributed by atoms with Gasteiger partial charge in [0.2, 0.25) is 11.8 Å². The second-order valence-electron chi connectivity index (χ2n) is 5.27. The number of thioether (sulfide) groups is 1. The fraction of sp³-hybridized carbons (Fsp3) is 0.176. The molecule has 2 aromatic rings. The lowest BCUT2D eigenvalue weighted by Gasteiger charge is -2.15. The molecule has 0 bridgehead atoms. The van der Waals surface area contributed by atoms with Gasteiger partial charge in [-0.2, -0.15) is 5.10 Å². The van der Waals surface area contributed by atoms with E-state index < -0.39 is 5.25 Å². The first-order valence-corrected chi connectivity index (χ1v) is 9.42. The highest BCUT2D eigenvalue weighted by molar-refractivity contribution is 8.14. The molecule has 1 fully saturated rings. The molecule has 1 aliphatic heterocycles. The summed E-state index contributed by atoms with van der Waals surface area (Å²) in [6, 6.07) is 10.6. The number of imide groups is 1. The molecule has 1 aliphatic rings. The summed E-state index contributed by atoms with van der Waals surface area (Å²) in [6.45, 7) is 0. The number of ether oxygens (including phenoxy) is 1. The van der Waals surface area contributed by atoms with Crippen LogP contribution in [0.4, 0.5) is 5.69 Å². The number of amidine groups is 1. The largest absolute Gasteiger partial charge is 0.497 e. The number of carbonyl (C=O) groups excluding carboxylic acids is 2. The topological polar surface area (TPSA) is 97.3 Å². The zero-order chi connectivity index (χ0) is 18.5. The molecule has 0 saturated carbocycles. The van der Waals surface area contributed by atoms with E-state index in [2.05, 4.69) is 10.2 Å². The Morgan fingerprint density at radius 3 is 2.77 bits per heavy atom. The van der Waals surface area contributed by atoms with E-state index in [-0.39, 0.29) is 23.4 Å². The van der Waals surface area contributed by atoms with Crippen LogP contribution in [0.3, 0.4) is 0 Å². The molecule has 2 heterocycles. The number of anilines is 1. The lowest BCUT2D eigenvalue weighted by atomic mass is 10.3. The molecule has 2 N–H and O–H groups in total. The maximum atomic E-state index is 12.6. The first-order chi connectivity index (χ1) is 12.6. The highest BCUT2D eigenvalue weighted by Crippen LogP contribution is 2.30. The van der Waals surface area contributed by atoms with Gasteiger partial charge in [0.15, 0.2) is 5.17 Å². The van der Waals surface area contributed by atoms with Crippen molar-refractivity contribution in [2.75, 3.05) is 12.0 Å². The number of nitrogens with two attached hydrogens (primary N) is 1. The molecule has 1 aromatic heterocycles. The molecule has 0 spiro atoms. The third-order valence-corrected chi connectivity index (χ3v) is 5.37. The number of thiophene rings is 1. The number of amides is 2. The van der Waals surface area contributed by atoms with Gasteiger partial charge in [-0.1, -0.05) is 17.8 Å². The predicted molar refractivity (Wildman–Crippen MR) is 105 cm³/mol. The van der Waals surface area contributed by atoms with Crippen LogP contribution in [-0.4, -0.2) is 35.6 Å². The Labute approximate surface area is 158 Å². The van der Waals surface area contributed by atoms with E-state index in [9.17, 15) is 9.59 Å². The van der Waals surface area contributed by atoms with E-state index in [0.717, 1.165) is 16.6 Å². The Bertz CT molecular complexity index is 847. The van der Waals surface area contributed by atoms with Crippen LogP contribution in [-0.2, 0) is 9.59 Å². The Hall–Kier alpha value is -2.65. The highest BCUT2D eigenvalue weighted by atomic mass is 32.2. The van der Waals surface area contributed by atoms with Gasteiger partial charge in [-0.05, 0) is 35.7 Å². The minimum absolute atomic E-state index is 0.0698. The number of rotatable bonds is 5. The zero-order valence-electron chi connectivity index (χ0n) is 13.9. The molecule has 2 amide bonds. The summed E-state index contributed by atoms with van der Waals surface area (Å²) >= 11 is 2.57. The Morgan fingerprint density at radius 2 is 2.12 bits per heavy atom. The van der Waals surface area contributed by atoms with Crippen LogP contribution in [0.25, 0.3) is 0 Å². The summed E-state index contributed by atoms with van der Waals surface area (Å²) < 4.78 is 5.09. The van der Waals surface area contributed by atoms with Crippen molar-refractivity contribution in [3.05, 3.63) is 46.7 Å². The molecular formula is C17H16N4O3S2. The second kappa shape index (κ2) is 8.15. The fourth-order valence-electron chi connectivity index (χ4n) is 2.38. The zero-order valence-corrected chi connectivity index (χ0v) is 15.5. The summed E-state index contributed by atoms with van der Waals surface area (Å²) in [5.41, 5.74) is 6.34. The first-order valence-electron chi connectivity index (χ1n) is 7.66. The number of nitrogens with zero attached hydrogens (tertiary/aromatic N) is 3. The van der Waals surface area contributed by atoms with Crippen molar-refractivity contribution in [2.45, 2.75) is 11.7 Å². The highest BCUT2D eigenvalue weighted by Gasteiger charge is 2.40. The Balaban J connectivity index is 1.66. The van der Waals surface area contributed by atoms with Crippen molar-refractivity contribution in [1.29, 1.82) is 0 Å². The van der Waals surface area contributed by atoms with E-state index in [4.69, 9.17) is 10.5 Å². The average molecular weight is 388 g/mol. The molecule has 1 atom stereocenters. The SMILES string of the molecule is COc1ccc(N2C(=O)C[C@@H](S/C(N)=N/N=C\c3cccs3)C2=O)cc1. The number of hydrogen-bond acceptors (Lipinski definition) is 7. The number of carbonyl (C=O) groups is 2. The summed E-state index contributed by atoms with van der Waals surface area (Å²) in [4.78, 5) is 26.9. The molecule has 0 radical (unpaired) electrons. The normalized spacial score (nSPS) is 18.1. The van der Waals surface area contributed by atoms with Crippen molar-refractivity contribution >= 4 is 52.0 Å². The molecule has 0 unspecified atom stereocenters. The van der Waals surface area contributed by atoms with Crippen LogP contribution in [0.1, 0.15) is 11.3 Å². The van der Waals surface area contributed by atoms with Crippen molar-refractivity contribution in [2.24, 2.45) is 15.9 Å². The average Bonchev–Trinajstić information content (AvgIpc) is 3.24. The predicted octanol–water partition coefficient (Wildman–Crippen LogP) is 2.47. The van der Waals surface area contributed by atoms with Crippen LogP contribution in [0.15, 0.2) is 52.0 Å². The standard InChI is InChI=1S/C17H16N4O3S2/c1-24-12-6-4-11(5-7-12)21-15(22)9-14(16(21)23)26-17(18)20-19-10-13-3-2-8-25-13/h2-8,10,14H,9H2,1H3,(H2,18,20)/b19-10-/t14-/m1/s1. The maximum Gasteiger partial charge on any atom is 0.247 e. The summed E-state index contributed by atoms with van der Waals surface area (Å²) in [7, 11) is 1.55. The third-order valence-electron chi connectivity index (χ3n) is 3.58. The summed E-state index contributed by atoms with van der Waals surface area (Å²) in [6.07, 6.45) is 1.66. The van der Waals surface area contributed by atoms with Crippen LogP contribution in [0.5, 0.6) is 5.75 Å². The van der Waals surface area contributed by atoms with Gasteiger partial charge in [-0.25, -0.2) is 4.90 Å². The van der Waals surface area contributed by atoms with Crippen molar-refractivity contribution in [3.8, 4) is 5.75 Å². The summed E-state index contributed by atoms with van der Waals surface area (Å²) in [5.74, 6) is 0.0665. The van der Waals surface area contributed by atoms with Gasteiger partial charge in [0, 0.05) is 11.3 Å². The van der Waals surface area contributed by atoms with Gasteiger partial charge in [0.05, 0.1) is 19.0 Å². The molecule has 1 aromatic carbocycles. The molecule has 7 nitrogen and oxygen atoms in total. The second-order valence-corrected chi connectivity index (χ2v) is 7.48. The van der Waals surface area contributed by atoms with Crippen molar-refractivity contribution in [1.82, 2.24) is 0 Å². The van der Waals surface area contributed by atoms with Gasteiger partial charge in [-0.15, -0.1) is 16.4 Å². The van der Waals surface area contributed by atoms with E-state index in [1.54, 1.807) is 37.6 Å². The number of methoxy groups -OCH3 is 1. The monoisotopic (exact) mass is 388 g/mol. The number of benzene rings is 1. The van der Waals surface area contributed by atoms with Crippen molar-refractivity contribution < 1.29 is 14.3 Å². The molecule has 3 rings (SSSR count). The van der Waals surface area contributed by atoms with Gasteiger partial charge in [-0.3, -0.25) is 9.59 Å². The van der Waals surface area contributed by atoms with Gasteiger partial charge in [0.25, 0.3) is 0 Å². The molecule has 9 heteroatoms. The quantitative estimate of drug-likeness (QED) is 0.367. The fourth-order valence-corrected chi connectivity index (χ4v) is 3.77. The molecule has 1 saturated heterocycles. The summed E-state index contributed by atoms with van der Waals surface area (Å²) in [5, 5.41) is 9.24. The first kappa shape index (κ1) is 18.2. The smallest absolute Gasteiger partial charge is 0.247 e. The van der Waals surface area contributed by atoms with E-state index in [0.29, 0.717) is 11.4 Å². The molecule has 26 heavy (non-hydrogen) atoms. The van der Waals surface area contributed by atoms with E-state index >= 15 is 0 Å². The molecule has 134 valence electrons. The third kappa shape index (κ3) is 4.12. The Morgan fingerprint density at radius 1 is 1.35 bits per heavy atom. The van der Waals surface area contributed by atoms with E-state index in [1.165, 1.54) is 16.2 Å². The maximum absolute atomic E-state index is 12.6. The molecule has 0 aliphatic carbocycles. The van der Waals surface area contributed by atoms with Crippen LogP contribution in [0.2, 0.25) is 0 Å². The van der Waals surface area contributed by atoms with Gasteiger partial charge < -0.3 is 10.5 Å². The van der Waals surface area contributed by atoms with Crippen LogP contribution < -0.4 is 15.4 Å². The van der Waals surface area contributed by atoms with E-state index in [1.807, 2.05) is 17.5 Å².